The molecule has 3 rings (SSSR count). The van der Waals surface area contributed by atoms with Crippen molar-refractivity contribution in [2.75, 3.05) is 0 Å². The Morgan fingerprint density at radius 2 is 2.04 bits per heavy atom. The van der Waals surface area contributed by atoms with Crippen molar-refractivity contribution in [1.82, 2.24) is 5.32 Å². The molecule has 0 saturated carbocycles. The first-order chi connectivity index (χ1) is 11.2. The average molecular weight is 327 g/mol. The second-order valence-electron chi connectivity index (χ2n) is 5.82. The van der Waals surface area contributed by atoms with Gasteiger partial charge in [-0.3, -0.25) is 4.79 Å². The largest absolute Gasteiger partial charge is 0.383 e. The maximum atomic E-state index is 12.1. The van der Waals surface area contributed by atoms with Gasteiger partial charge in [0.15, 0.2) is 0 Å². The monoisotopic (exact) mass is 327 g/mol. The molecule has 0 unspecified atom stereocenters. The summed E-state index contributed by atoms with van der Waals surface area (Å²) in [5.74, 6) is 0.238. The number of amides is 1. The van der Waals surface area contributed by atoms with Gasteiger partial charge in [-0.25, -0.2) is 0 Å². The van der Waals surface area contributed by atoms with Crippen molar-refractivity contribution < 1.29 is 9.90 Å². The summed E-state index contributed by atoms with van der Waals surface area (Å²) in [5, 5.41) is 13.4. The first-order valence-corrected chi connectivity index (χ1v) is 8.80. The molecule has 2 atom stereocenters. The lowest BCUT2D eigenvalue weighted by Gasteiger charge is -2.16. The molecule has 0 saturated heterocycles. The van der Waals surface area contributed by atoms with Gasteiger partial charge in [-0.15, -0.1) is 11.3 Å². The lowest BCUT2D eigenvalue weighted by molar-refractivity contribution is -0.125. The molecule has 0 fully saturated rings. The van der Waals surface area contributed by atoms with E-state index < -0.39 is 6.10 Å². The highest BCUT2D eigenvalue weighted by atomic mass is 32.1. The zero-order chi connectivity index (χ0) is 16.1. The number of allylic oxidation sites excluding steroid dienone is 2. The van der Waals surface area contributed by atoms with E-state index in [1.54, 1.807) is 11.3 Å². The minimum absolute atomic E-state index is 0.106. The SMILES string of the molecule is O=C(NCc1ccc([C@H](O)c2ccccc2)s1)[C@@H]1CC=CCC1. The molecular formula is C19H21NO2S. The van der Waals surface area contributed by atoms with E-state index in [0.29, 0.717) is 6.54 Å². The number of rotatable bonds is 5. The van der Waals surface area contributed by atoms with Crippen LogP contribution in [0.5, 0.6) is 0 Å². The summed E-state index contributed by atoms with van der Waals surface area (Å²) in [4.78, 5) is 14.1. The number of carbonyl (C=O) groups excluding carboxylic acids is 1. The van der Waals surface area contributed by atoms with Crippen LogP contribution < -0.4 is 5.32 Å². The quantitative estimate of drug-likeness (QED) is 0.821. The third-order valence-electron chi connectivity index (χ3n) is 4.14. The van der Waals surface area contributed by atoms with Crippen LogP contribution in [0.4, 0.5) is 0 Å². The Labute approximate surface area is 140 Å². The standard InChI is InChI=1S/C19H21NO2S/c21-18(14-7-3-1-4-8-14)17-12-11-16(23-17)13-20-19(22)15-9-5-2-6-10-15/h1-5,7-8,11-12,15,18,21H,6,9-10,13H2,(H,20,22)/t15-,18-/m1/s1. The topological polar surface area (TPSA) is 49.3 Å². The molecule has 0 spiro atoms. The summed E-state index contributed by atoms with van der Waals surface area (Å²) in [6.45, 7) is 0.533. The number of hydrogen-bond acceptors (Lipinski definition) is 3. The van der Waals surface area contributed by atoms with E-state index in [-0.39, 0.29) is 11.8 Å². The molecule has 2 aromatic rings. The molecule has 0 aliphatic heterocycles. The summed E-state index contributed by atoms with van der Waals surface area (Å²) in [7, 11) is 0. The third kappa shape index (κ3) is 4.09. The Morgan fingerprint density at radius 3 is 2.78 bits per heavy atom. The lowest BCUT2D eigenvalue weighted by Crippen LogP contribution is -2.30. The molecule has 1 amide bonds. The van der Waals surface area contributed by atoms with Crippen molar-refractivity contribution in [3.05, 3.63) is 69.9 Å². The highest BCUT2D eigenvalue weighted by Gasteiger charge is 2.18. The van der Waals surface area contributed by atoms with E-state index in [4.69, 9.17) is 0 Å². The van der Waals surface area contributed by atoms with Gasteiger partial charge < -0.3 is 10.4 Å². The Balaban J connectivity index is 1.57. The Bertz CT molecular complexity index is 678. The molecule has 2 N–H and O–H groups in total. The fraction of sp³-hybridized carbons (Fsp3) is 0.316. The summed E-state index contributed by atoms with van der Waals surface area (Å²) in [5.41, 5.74) is 0.888. The van der Waals surface area contributed by atoms with Crippen LogP contribution in [0.25, 0.3) is 0 Å². The van der Waals surface area contributed by atoms with Gasteiger partial charge in [0.2, 0.25) is 5.91 Å². The van der Waals surface area contributed by atoms with Crippen molar-refractivity contribution >= 4 is 17.2 Å². The van der Waals surface area contributed by atoms with Gasteiger partial charge in [-0.1, -0.05) is 42.5 Å². The number of carbonyl (C=O) groups is 1. The molecule has 4 heteroatoms. The molecule has 0 radical (unpaired) electrons. The van der Waals surface area contributed by atoms with E-state index in [9.17, 15) is 9.90 Å². The van der Waals surface area contributed by atoms with Crippen LogP contribution in [-0.2, 0) is 11.3 Å². The Hall–Kier alpha value is -1.91. The third-order valence-corrected chi connectivity index (χ3v) is 5.28. The van der Waals surface area contributed by atoms with Crippen LogP contribution in [0.1, 0.15) is 40.7 Å². The molecule has 1 heterocycles. The zero-order valence-electron chi connectivity index (χ0n) is 12.9. The number of aliphatic hydroxyl groups excluding tert-OH is 1. The fourth-order valence-corrected chi connectivity index (χ4v) is 3.75. The van der Waals surface area contributed by atoms with Crippen LogP contribution in [0, 0.1) is 5.92 Å². The zero-order valence-corrected chi connectivity index (χ0v) is 13.8. The van der Waals surface area contributed by atoms with E-state index >= 15 is 0 Å². The van der Waals surface area contributed by atoms with Crippen molar-refractivity contribution in [2.24, 2.45) is 5.92 Å². The molecule has 23 heavy (non-hydrogen) atoms. The van der Waals surface area contributed by atoms with E-state index in [0.717, 1.165) is 34.6 Å². The van der Waals surface area contributed by atoms with E-state index in [1.807, 2.05) is 42.5 Å². The predicted octanol–water partition coefficient (Wildman–Crippen LogP) is 3.80. The minimum Gasteiger partial charge on any atom is -0.383 e. The van der Waals surface area contributed by atoms with Crippen molar-refractivity contribution in [3.63, 3.8) is 0 Å². The van der Waals surface area contributed by atoms with Gasteiger partial charge in [-0.05, 0) is 37.0 Å². The molecule has 120 valence electrons. The van der Waals surface area contributed by atoms with Crippen molar-refractivity contribution in [1.29, 1.82) is 0 Å². The second-order valence-corrected chi connectivity index (χ2v) is 7.02. The first-order valence-electron chi connectivity index (χ1n) is 7.98. The normalized spacial score (nSPS) is 18.6. The van der Waals surface area contributed by atoms with Gasteiger partial charge in [0.05, 0.1) is 6.54 Å². The van der Waals surface area contributed by atoms with Crippen LogP contribution >= 0.6 is 11.3 Å². The van der Waals surface area contributed by atoms with Crippen LogP contribution in [0.2, 0.25) is 0 Å². The van der Waals surface area contributed by atoms with E-state index in [2.05, 4.69) is 17.5 Å². The number of nitrogens with one attached hydrogen (secondary N) is 1. The molecule has 1 aromatic carbocycles. The summed E-state index contributed by atoms with van der Waals surface area (Å²) >= 11 is 1.55. The maximum Gasteiger partial charge on any atom is 0.223 e. The molecule has 1 aliphatic rings. The highest BCUT2D eigenvalue weighted by Crippen LogP contribution is 2.28. The molecule has 1 aliphatic carbocycles. The lowest BCUT2D eigenvalue weighted by atomic mass is 9.94. The number of aliphatic hydroxyl groups is 1. The Morgan fingerprint density at radius 1 is 1.22 bits per heavy atom. The van der Waals surface area contributed by atoms with Crippen LogP contribution in [0.15, 0.2) is 54.6 Å². The van der Waals surface area contributed by atoms with Gasteiger partial charge in [0, 0.05) is 15.7 Å². The summed E-state index contributed by atoms with van der Waals surface area (Å²) in [6.07, 6.45) is 6.39. The van der Waals surface area contributed by atoms with Gasteiger partial charge >= 0.3 is 0 Å². The van der Waals surface area contributed by atoms with E-state index in [1.165, 1.54) is 0 Å². The smallest absolute Gasteiger partial charge is 0.223 e. The highest BCUT2D eigenvalue weighted by molar-refractivity contribution is 7.12. The molecule has 3 nitrogen and oxygen atoms in total. The second kappa shape index (κ2) is 7.57. The minimum atomic E-state index is -0.603. The molecule has 0 bridgehead atoms. The molecule has 1 aromatic heterocycles. The number of hydrogen-bond donors (Lipinski definition) is 2. The van der Waals surface area contributed by atoms with Crippen LogP contribution in [-0.4, -0.2) is 11.0 Å². The number of benzene rings is 1. The van der Waals surface area contributed by atoms with Crippen LogP contribution in [0.3, 0.4) is 0 Å². The van der Waals surface area contributed by atoms with Gasteiger partial charge in [0.25, 0.3) is 0 Å². The van der Waals surface area contributed by atoms with Crippen molar-refractivity contribution in [2.45, 2.75) is 31.9 Å². The maximum absolute atomic E-state index is 12.1. The van der Waals surface area contributed by atoms with Gasteiger partial charge in [-0.2, -0.15) is 0 Å². The average Bonchev–Trinajstić information content (AvgIpc) is 3.09. The first kappa shape index (κ1) is 16.0. The number of thiophene rings is 1. The fourth-order valence-electron chi connectivity index (χ4n) is 2.79. The Kier molecular flexibility index (Phi) is 5.26. The van der Waals surface area contributed by atoms with Crippen molar-refractivity contribution in [3.8, 4) is 0 Å². The summed E-state index contributed by atoms with van der Waals surface area (Å²) < 4.78 is 0. The summed E-state index contributed by atoms with van der Waals surface area (Å²) in [6, 6.07) is 13.5. The van der Waals surface area contributed by atoms with Gasteiger partial charge in [0.1, 0.15) is 6.10 Å². The predicted molar refractivity (Wildman–Crippen MR) is 93.2 cm³/mol. The molecular weight excluding hydrogens is 306 g/mol.